The van der Waals surface area contributed by atoms with E-state index in [0.29, 0.717) is 12.2 Å². The van der Waals surface area contributed by atoms with Crippen molar-refractivity contribution in [2.75, 3.05) is 20.2 Å². The number of ether oxygens (including phenoxy) is 1. The second-order valence-corrected chi connectivity index (χ2v) is 4.64. The molecule has 3 heteroatoms. The zero-order valence-electron chi connectivity index (χ0n) is 10.1. The van der Waals surface area contributed by atoms with Crippen LogP contribution in [-0.4, -0.2) is 26.2 Å². The summed E-state index contributed by atoms with van der Waals surface area (Å²) in [6, 6.07) is 9.05. The van der Waals surface area contributed by atoms with Gasteiger partial charge in [-0.3, -0.25) is 0 Å². The van der Waals surface area contributed by atoms with Crippen LogP contribution in [0.5, 0.6) is 0 Å². The Morgan fingerprint density at radius 2 is 1.94 bits per heavy atom. The topological polar surface area (TPSA) is 38.3 Å². The molecule has 1 N–H and O–H groups in total. The average Bonchev–Trinajstić information content (AvgIpc) is 2.27. The van der Waals surface area contributed by atoms with E-state index in [2.05, 4.69) is 19.2 Å². The quantitative estimate of drug-likeness (QED) is 0.774. The molecule has 0 aliphatic carbocycles. The summed E-state index contributed by atoms with van der Waals surface area (Å²) in [4.78, 5) is 11.7. The summed E-state index contributed by atoms with van der Waals surface area (Å²) >= 11 is 0. The van der Waals surface area contributed by atoms with Gasteiger partial charge in [-0.1, -0.05) is 32.0 Å². The summed E-state index contributed by atoms with van der Waals surface area (Å²) < 4.78 is 5.27. The van der Waals surface area contributed by atoms with Crippen LogP contribution in [0.1, 0.15) is 24.2 Å². The molecule has 0 fully saturated rings. The molecule has 88 valence electrons. The van der Waals surface area contributed by atoms with Gasteiger partial charge in [-0.15, -0.1) is 0 Å². The number of carbonyl (C=O) groups excluding carboxylic acids is 1. The molecule has 0 spiro atoms. The largest absolute Gasteiger partial charge is 0.461 e. The fourth-order valence-corrected chi connectivity index (χ4v) is 1.45. The molecule has 1 rings (SSSR count). The lowest BCUT2D eigenvalue weighted by Crippen LogP contribution is -2.32. The van der Waals surface area contributed by atoms with Crippen molar-refractivity contribution < 1.29 is 9.53 Å². The molecule has 16 heavy (non-hydrogen) atoms. The molecule has 0 unspecified atom stereocenters. The molecule has 0 aromatic heterocycles. The normalized spacial score (nSPS) is 11.2. The summed E-state index contributed by atoms with van der Waals surface area (Å²) in [6.07, 6.45) is 0. The second-order valence-electron chi connectivity index (χ2n) is 4.64. The van der Waals surface area contributed by atoms with Gasteiger partial charge in [0.2, 0.25) is 0 Å². The molecule has 0 saturated heterocycles. The van der Waals surface area contributed by atoms with Crippen LogP contribution in [0.3, 0.4) is 0 Å². The van der Waals surface area contributed by atoms with E-state index < -0.39 is 0 Å². The lowest BCUT2D eigenvalue weighted by atomic mass is 9.95. The van der Waals surface area contributed by atoms with E-state index in [4.69, 9.17) is 4.74 Å². The van der Waals surface area contributed by atoms with Crippen LogP contribution in [0.4, 0.5) is 0 Å². The maximum atomic E-state index is 11.7. The zero-order valence-corrected chi connectivity index (χ0v) is 10.1. The van der Waals surface area contributed by atoms with Crippen LogP contribution in [0.2, 0.25) is 0 Å². The van der Waals surface area contributed by atoms with Crippen LogP contribution in [0.25, 0.3) is 0 Å². The number of rotatable bonds is 5. The molecule has 3 nitrogen and oxygen atoms in total. The van der Waals surface area contributed by atoms with Crippen LogP contribution in [0, 0.1) is 5.41 Å². The molecule has 0 bridgehead atoms. The van der Waals surface area contributed by atoms with Crippen molar-refractivity contribution in [3.8, 4) is 0 Å². The van der Waals surface area contributed by atoms with Gasteiger partial charge in [0.1, 0.15) is 0 Å². The highest BCUT2D eigenvalue weighted by atomic mass is 16.5. The Hall–Kier alpha value is -1.35. The Labute approximate surface area is 96.8 Å². The third-order valence-corrected chi connectivity index (χ3v) is 2.26. The summed E-state index contributed by atoms with van der Waals surface area (Å²) in [7, 11) is 1.89. The van der Waals surface area contributed by atoms with Crippen molar-refractivity contribution in [2.45, 2.75) is 13.8 Å². The van der Waals surface area contributed by atoms with Crippen molar-refractivity contribution >= 4 is 5.97 Å². The molecule has 1 aromatic rings. The van der Waals surface area contributed by atoms with E-state index in [9.17, 15) is 4.79 Å². The maximum Gasteiger partial charge on any atom is 0.338 e. The van der Waals surface area contributed by atoms with Gasteiger partial charge in [0, 0.05) is 12.0 Å². The van der Waals surface area contributed by atoms with E-state index in [1.54, 1.807) is 12.1 Å². The third kappa shape index (κ3) is 4.03. The number of benzene rings is 1. The summed E-state index contributed by atoms with van der Waals surface area (Å²) in [5, 5.41) is 3.08. The van der Waals surface area contributed by atoms with Crippen LogP contribution < -0.4 is 5.32 Å². The van der Waals surface area contributed by atoms with Crippen molar-refractivity contribution in [1.29, 1.82) is 0 Å². The van der Waals surface area contributed by atoms with Crippen molar-refractivity contribution in [1.82, 2.24) is 5.32 Å². The van der Waals surface area contributed by atoms with Crippen LogP contribution in [0.15, 0.2) is 30.3 Å². The zero-order chi connectivity index (χ0) is 12.0. The highest BCUT2D eigenvalue weighted by Crippen LogP contribution is 2.14. The SMILES string of the molecule is CNCC(C)(C)COC(=O)c1ccccc1. The first-order chi connectivity index (χ1) is 7.55. The number of nitrogens with one attached hydrogen (secondary N) is 1. The van der Waals surface area contributed by atoms with E-state index in [1.165, 1.54) is 0 Å². The Bertz CT molecular complexity index is 333. The van der Waals surface area contributed by atoms with Crippen LogP contribution >= 0.6 is 0 Å². The molecule has 0 amide bonds. The fraction of sp³-hybridized carbons (Fsp3) is 0.462. The molecular formula is C13H19NO2. The van der Waals surface area contributed by atoms with Gasteiger partial charge in [-0.2, -0.15) is 0 Å². The molecule has 0 radical (unpaired) electrons. The monoisotopic (exact) mass is 221 g/mol. The summed E-state index contributed by atoms with van der Waals surface area (Å²) in [5.41, 5.74) is 0.557. The molecule has 0 aliphatic heterocycles. The molecule has 0 atom stereocenters. The van der Waals surface area contributed by atoms with Gasteiger partial charge < -0.3 is 10.1 Å². The first-order valence-corrected chi connectivity index (χ1v) is 5.42. The Balaban J connectivity index is 2.48. The summed E-state index contributed by atoms with van der Waals surface area (Å²) in [6.45, 7) is 5.35. The number of hydrogen-bond donors (Lipinski definition) is 1. The molecule has 0 heterocycles. The molecule has 0 saturated carbocycles. The van der Waals surface area contributed by atoms with Gasteiger partial charge in [0.15, 0.2) is 0 Å². The first kappa shape index (κ1) is 12.7. The minimum absolute atomic E-state index is 0.0425. The predicted octanol–water partition coefficient (Wildman–Crippen LogP) is 2.09. The van der Waals surface area contributed by atoms with E-state index >= 15 is 0 Å². The average molecular weight is 221 g/mol. The Kier molecular flexibility index (Phi) is 4.50. The van der Waals surface area contributed by atoms with Crippen molar-refractivity contribution in [3.63, 3.8) is 0 Å². The second kappa shape index (κ2) is 5.66. The standard InChI is InChI=1S/C13H19NO2/c1-13(2,9-14-3)10-16-12(15)11-7-5-4-6-8-11/h4-8,14H,9-10H2,1-3H3. The summed E-state index contributed by atoms with van der Waals surface area (Å²) in [5.74, 6) is -0.259. The first-order valence-electron chi connectivity index (χ1n) is 5.42. The van der Waals surface area contributed by atoms with Gasteiger partial charge in [0.05, 0.1) is 12.2 Å². The minimum Gasteiger partial charge on any atom is -0.461 e. The Morgan fingerprint density at radius 3 is 2.50 bits per heavy atom. The number of hydrogen-bond acceptors (Lipinski definition) is 3. The van der Waals surface area contributed by atoms with Crippen LogP contribution in [-0.2, 0) is 4.74 Å². The van der Waals surface area contributed by atoms with E-state index in [1.807, 2.05) is 25.2 Å². The van der Waals surface area contributed by atoms with E-state index in [-0.39, 0.29) is 11.4 Å². The highest BCUT2D eigenvalue weighted by molar-refractivity contribution is 5.89. The molecule has 0 aliphatic rings. The minimum atomic E-state index is -0.259. The molecular weight excluding hydrogens is 202 g/mol. The van der Waals surface area contributed by atoms with Gasteiger partial charge in [-0.25, -0.2) is 4.79 Å². The maximum absolute atomic E-state index is 11.7. The molecule has 1 aromatic carbocycles. The van der Waals surface area contributed by atoms with E-state index in [0.717, 1.165) is 6.54 Å². The lowest BCUT2D eigenvalue weighted by Gasteiger charge is -2.23. The predicted molar refractivity (Wildman–Crippen MR) is 64.4 cm³/mol. The third-order valence-electron chi connectivity index (χ3n) is 2.26. The van der Waals surface area contributed by atoms with Gasteiger partial charge >= 0.3 is 5.97 Å². The van der Waals surface area contributed by atoms with Crippen molar-refractivity contribution in [3.05, 3.63) is 35.9 Å². The fourth-order valence-electron chi connectivity index (χ4n) is 1.45. The Morgan fingerprint density at radius 1 is 1.31 bits per heavy atom. The lowest BCUT2D eigenvalue weighted by molar-refractivity contribution is 0.0344. The smallest absolute Gasteiger partial charge is 0.338 e. The van der Waals surface area contributed by atoms with Crippen molar-refractivity contribution in [2.24, 2.45) is 5.41 Å². The number of carbonyl (C=O) groups is 1. The van der Waals surface area contributed by atoms with Gasteiger partial charge in [0.25, 0.3) is 0 Å². The number of esters is 1. The highest BCUT2D eigenvalue weighted by Gasteiger charge is 2.19. The van der Waals surface area contributed by atoms with Gasteiger partial charge in [-0.05, 0) is 19.2 Å².